The summed E-state index contributed by atoms with van der Waals surface area (Å²) in [5, 5.41) is 23.5. The highest BCUT2D eigenvalue weighted by atomic mass is 16.4. The summed E-state index contributed by atoms with van der Waals surface area (Å²) in [5.41, 5.74) is 13.2. The van der Waals surface area contributed by atoms with Crippen LogP contribution in [0.3, 0.4) is 0 Å². The van der Waals surface area contributed by atoms with Crippen LogP contribution < -0.4 is 22.1 Å². The van der Waals surface area contributed by atoms with Gasteiger partial charge in [-0.15, -0.1) is 0 Å². The predicted octanol–water partition coefficient (Wildman–Crippen LogP) is 1.63. The van der Waals surface area contributed by atoms with Crippen LogP contribution in [0.15, 0.2) is 58.5 Å². The van der Waals surface area contributed by atoms with Gasteiger partial charge in [-0.25, -0.2) is 9.59 Å². The fraction of sp³-hybridized carbons (Fsp3) is 0.158. The van der Waals surface area contributed by atoms with Gasteiger partial charge in [-0.1, -0.05) is 0 Å². The molecular formula is C19H22N6O4. The lowest BCUT2D eigenvalue weighted by molar-refractivity contribution is 0.0686. The van der Waals surface area contributed by atoms with Crippen LogP contribution in [0.4, 0.5) is 11.4 Å². The third kappa shape index (κ3) is 7.21. The third-order valence-electron chi connectivity index (χ3n) is 3.69. The Bertz CT molecular complexity index is 832. The van der Waals surface area contributed by atoms with Gasteiger partial charge in [0.05, 0.1) is 11.1 Å². The number of nitrogens with zero attached hydrogens (tertiary/aromatic N) is 2. The van der Waals surface area contributed by atoms with Crippen molar-refractivity contribution >= 4 is 35.2 Å². The second kappa shape index (κ2) is 10.3. The first kappa shape index (κ1) is 21.2. The standard InChI is InChI=1S/C19H22N6O4/c20-18(24-14-6-2-12(3-7-14)16(26)27)22-10-1-11-23-19(21)25-15-8-4-13(5-9-15)17(28)29/h2-9H,1,10-11H2,(H,26,27)(H,28,29)(H3,20,22,24)(H3,21,23,25). The van der Waals surface area contributed by atoms with E-state index in [-0.39, 0.29) is 23.0 Å². The van der Waals surface area contributed by atoms with Gasteiger partial charge in [0.2, 0.25) is 0 Å². The summed E-state index contributed by atoms with van der Waals surface area (Å²) in [6.07, 6.45) is 0.612. The number of hydrogen-bond donors (Lipinski definition) is 6. The van der Waals surface area contributed by atoms with Crippen LogP contribution in [-0.4, -0.2) is 47.2 Å². The maximum absolute atomic E-state index is 10.8. The summed E-state index contributed by atoms with van der Waals surface area (Å²) in [5.74, 6) is -1.57. The molecule has 0 fully saturated rings. The number of benzene rings is 2. The van der Waals surface area contributed by atoms with Crippen molar-refractivity contribution in [1.29, 1.82) is 0 Å². The molecular weight excluding hydrogens is 376 g/mol. The Hall–Kier alpha value is -4.08. The predicted molar refractivity (Wildman–Crippen MR) is 112 cm³/mol. The van der Waals surface area contributed by atoms with Crippen molar-refractivity contribution in [2.75, 3.05) is 23.7 Å². The summed E-state index contributed by atoms with van der Waals surface area (Å²) in [6, 6.07) is 12.3. The van der Waals surface area contributed by atoms with Crippen LogP contribution in [0.2, 0.25) is 0 Å². The van der Waals surface area contributed by atoms with Crippen LogP contribution in [0.25, 0.3) is 0 Å². The van der Waals surface area contributed by atoms with Gasteiger partial charge in [-0.3, -0.25) is 9.98 Å². The number of rotatable bonds is 8. The number of nitrogens with one attached hydrogen (secondary N) is 2. The van der Waals surface area contributed by atoms with Crippen LogP contribution in [0, 0.1) is 0 Å². The van der Waals surface area contributed by atoms with Crippen LogP contribution in [0.1, 0.15) is 27.1 Å². The molecule has 0 aliphatic carbocycles. The van der Waals surface area contributed by atoms with Crippen LogP contribution in [0.5, 0.6) is 0 Å². The zero-order chi connectivity index (χ0) is 21.2. The quantitative estimate of drug-likeness (QED) is 0.221. The highest BCUT2D eigenvalue weighted by molar-refractivity contribution is 5.94. The van der Waals surface area contributed by atoms with Crippen molar-refractivity contribution in [2.45, 2.75) is 6.42 Å². The van der Waals surface area contributed by atoms with E-state index >= 15 is 0 Å². The monoisotopic (exact) mass is 398 g/mol. The molecule has 0 saturated carbocycles. The van der Waals surface area contributed by atoms with Crippen molar-refractivity contribution in [3.8, 4) is 0 Å². The maximum Gasteiger partial charge on any atom is 0.335 e. The number of nitrogens with two attached hydrogens (primary N) is 2. The lowest BCUT2D eigenvalue weighted by Crippen LogP contribution is -2.23. The molecule has 29 heavy (non-hydrogen) atoms. The molecule has 8 N–H and O–H groups in total. The Labute approximate surface area is 167 Å². The minimum Gasteiger partial charge on any atom is -0.478 e. The number of carboxylic acid groups (broad SMARTS) is 2. The largest absolute Gasteiger partial charge is 0.478 e. The molecule has 0 spiro atoms. The van der Waals surface area contributed by atoms with Gasteiger partial charge in [-0.2, -0.15) is 0 Å². The number of aliphatic imine (C=N–C) groups is 2. The Kier molecular flexibility index (Phi) is 7.54. The van der Waals surface area contributed by atoms with Gasteiger partial charge >= 0.3 is 11.9 Å². The van der Waals surface area contributed by atoms with Gasteiger partial charge in [0.15, 0.2) is 11.9 Å². The fourth-order valence-corrected chi connectivity index (χ4v) is 2.24. The first-order chi connectivity index (χ1) is 13.8. The third-order valence-corrected chi connectivity index (χ3v) is 3.69. The molecule has 0 atom stereocenters. The van der Waals surface area contributed by atoms with Crippen LogP contribution >= 0.6 is 0 Å². The second-order valence-electron chi connectivity index (χ2n) is 5.90. The lowest BCUT2D eigenvalue weighted by atomic mass is 10.2. The van der Waals surface area contributed by atoms with Gasteiger partial charge in [0.25, 0.3) is 0 Å². The molecule has 2 aromatic rings. The minimum atomic E-state index is -0.996. The highest BCUT2D eigenvalue weighted by Crippen LogP contribution is 2.10. The zero-order valence-electron chi connectivity index (χ0n) is 15.5. The Morgan fingerprint density at radius 1 is 0.724 bits per heavy atom. The molecule has 0 unspecified atom stereocenters. The number of guanidine groups is 2. The number of carbonyl (C=O) groups is 2. The highest BCUT2D eigenvalue weighted by Gasteiger charge is 2.03. The van der Waals surface area contributed by atoms with Gasteiger partial charge in [0, 0.05) is 24.5 Å². The molecule has 0 aliphatic rings. The van der Waals surface area contributed by atoms with E-state index in [0.717, 1.165) is 0 Å². The molecule has 0 aliphatic heterocycles. The Morgan fingerprint density at radius 2 is 1.07 bits per heavy atom. The van der Waals surface area contributed by atoms with Gasteiger partial charge in [0.1, 0.15) is 0 Å². The van der Waals surface area contributed by atoms with Crippen molar-refractivity contribution < 1.29 is 19.8 Å². The molecule has 10 nitrogen and oxygen atoms in total. The van der Waals surface area contributed by atoms with Crippen molar-refractivity contribution in [3.63, 3.8) is 0 Å². The molecule has 2 rings (SSSR count). The minimum absolute atomic E-state index is 0.188. The van der Waals surface area contributed by atoms with E-state index in [1.807, 2.05) is 0 Å². The number of hydrogen-bond acceptors (Lipinski definition) is 4. The van der Waals surface area contributed by atoms with E-state index < -0.39 is 11.9 Å². The molecule has 0 heterocycles. The Morgan fingerprint density at radius 3 is 1.38 bits per heavy atom. The van der Waals surface area contributed by atoms with E-state index in [1.165, 1.54) is 24.3 Å². The van der Waals surface area contributed by atoms with Crippen molar-refractivity contribution in [1.82, 2.24) is 0 Å². The summed E-state index contributed by atoms with van der Waals surface area (Å²) >= 11 is 0. The number of carboxylic acids is 2. The first-order valence-electron chi connectivity index (χ1n) is 8.66. The Balaban J connectivity index is 1.73. The fourth-order valence-electron chi connectivity index (χ4n) is 2.24. The second-order valence-corrected chi connectivity index (χ2v) is 5.90. The lowest BCUT2D eigenvalue weighted by Gasteiger charge is -2.06. The molecule has 0 aromatic heterocycles. The SMILES string of the molecule is NC(=NCCCN=C(N)Nc1ccc(C(=O)O)cc1)Nc1ccc(C(=O)O)cc1. The maximum atomic E-state index is 10.8. The smallest absolute Gasteiger partial charge is 0.335 e. The summed E-state index contributed by atoms with van der Waals surface area (Å²) in [4.78, 5) is 30.0. The van der Waals surface area contributed by atoms with E-state index in [4.69, 9.17) is 21.7 Å². The van der Waals surface area contributed by atoms with E-state index in [9.17, 15) is 9.59 Å². The average Bonchev–Trinajstić information content (AvgIpc) is 2.68. The van der Waals surface area contributed by atoms with Crippen molar-refractivity contribution in [3.05, 3.63) is 59.7 Å². The van der Waals surface area contributed by atoms with Gasteiger partial charge < -0.3 is 32.3 Å². The summed E-state index contributed by atoms with van der Waals surface area (Å²) in [6.45, 7) is 0.853. The molecule has 152 valence electrons. The summed E-state index contributed by atoms with van der Waals surface area (Å²) < 4.78 is 0. The van der Waals surface area contributed by atoms with E-state index in [0.29, 0.717) is 30.9 Å². The molecule has 2 aromatic carbocycles. The molecule has 0 amide bonds. The first-order valence-corrected chi connectivity index (χ1v) is 8.66. The average molecular weight is 398 g/mol. The number of aromatic carboxylic acids is 2. The van der Waals surface area contributed by atoms with E-state index in [2.05, 4.69) is 20.6 Å². The number of anilines is 2. The van der Waals surface area contributed by atoms with Crippen molar-refractivity contribution in [2.24, 2.45) is 21.5 Å². The topological polar surface area (TPSA) is 175 Å². The zero-order valence-corrected chi connectivity index (χ0v) is 15.5. The van der Waals surface area contributed by atoms with Gasteiger partial charge in [-0.05, 0) is 55.0 Å². The molecule has 10 heteroatoms. The normalized spacial score (nSPS) is 11.7. The molecule has 0 radical (unpaired) electrons. The molecule has 0 saturated heterocycles. The summed E-state index contributed by atoms with van der Waals surface area (Å²) in [7, 11) is 0. The van der Waals surface area contributed by atoms with E-state index in [1.54, 1.807) is 24.3 Å². The molecule has 0 bridgehead atoms. The van der Waals surface area contributed by atoms with Crippen LogP contribution in [-0.2, 0) is 0 Å².